The van der Waals surface area contributed by atoms with Crippen LogP contribution < -0.4 is 10.5 Å². The van der Waals surface area contributed by atoms with Crippen molar-refractivity contribution in [2.75, 3.05) is 25.4 Å². The van der Waals surface area contributed by atoms with Gasteiger partial charge in [0, 0.05) is 25.1 Å². The third-order valence-electron chi connectivity index (χ3n) is 3.30. The minimum absolute atomic E-state index is 0.261. The summed E-state index contributed by atoms with van der Waals surface area (Å²) in [4.78, 5) is 21.7. The van der Waals surface area contributed by atoms with E-state index in [1.54, 1.807) is 11.0 Å². The van der Waals surface area contributed by atoms with Crippen molar-refractivity contribution in [1.82, 2.24) is 14.9 Å². The Morgan fingerprint density at radius 2 is 2.23 bits per heavy atom. The van der Waals surface area contributed by atoms with Crippen molar-refractivity contribution in [3.63, 3.8) is 0 Å². The largest absolute Gasteiger partial charge is 0.477 e. The number of hydrogen-bond acceptors (Lipinski definition) is 6. The number of rotatable bonds is 3. The summed E-state index contributed by atoms with van der Waals surface area (Å²) in [6, 6.07) is 1.59. The summed E-state index contributed by atoms with van der Waals surface area (Å²) in [5.41, 5.74) is 5.11. The molecule has 0 spiro atoms. The molecule has 1 atom stereocenters. The Morgan fingerprint density at radius 1 is 1.45 bits per heavy atom. The highest BCUT2D eigenvalue weighted by Crippen LogP contribution is 2.20. The first-order valence-electron chi connectivity index (χ1n) is 7.52. The molecule has 2 N–H and O–H groups in total. The number of aromatic nitrogens is 2. The fraction of sp³-hybridized carbons (Fsp3) is 0.667. The average molecular weight is 308 g/mol. The maximum absolute atomic E-state index is 12.1. The van der Waals surface area contributed by atoms with Gasteiger partial charge in [0.15, 0.2) is 0 Å². The molecule has 0 aliphatic carbocycles. The zero-order valence-electron chi connectivity index (χ0n) is 13.4. The van der Waals surface area contributed by atoms with Crippen LogP contribution in [0.25, 0.3) is 0 Å². The number of amides is 1. The van der Waals surface area contributed by atoms with Crippen LogP contribution in [0, 0.1) is 5.92 Å². The molecule has 22 heavy (non-hydrogen) atoms. The first-order chi connectivity index (χ1) is 10.3. The second kappa shape index (κ2) is 6.81. The molecule has 2 rings (SSSR count). The molecule has 0 radical (unpaired) electrons. The van der Waals surface area contributed by atoms with Crippen LogP contribution in [0.4, 0.5) is 10.6 Å². The Balaban J connectivity index is 1.84. The highest BCUT2D eigenvalue weighted by Gasteiger charge is 2.27. The van der Waals surface area contributed by atoms with Gasteiger partial charge in [-0.2, -0.15) is 0 Å². The molecule has 1 aliphatic rings. The van der Waals surface area contributed by atoms with Crippen LogP contribution in [0.5, 0.6) is 5.88 Å². The first-order valence-corrected chi connectivity index (χ1v) is 7.52. The molecule has 0 unspecified atom stereocenters. The van der Waals surface area contributed by atoms with Crippen molar-refractivity contribution in [3.05, 3.63) is 12.4 Å². The Morgan fingerprint density at radius 3 is 2.91 bits per heavy atom. The summed E-state index contributed by atoms with van der Waals surface area (Å²) in [7, 11) is 0. The number of anilines is 1. The van der Waals surface area contributed by atoms with Crippen LogP contribution in [0.3, 0.4) is 0 Å². The van der Waals surface area contributed by atoms with Crippen molar-refractivity contribution >= 4 is 11.9 Å². The lowest BCUT2D eigenvalue weighted by Crippen LogP contribution is -2.44. The fourth-order valence-electron chi connectivity index (χ4n) is 2.33. The van der Waals surface area contributed by atoms with Crippen molar-refractivity contribution in [3.8, 4) is 5.88 Å². The quantitative estimate of drug-likeness (QED) is 0.919. The van der Waals surface area contributed by atoms with Crippen molar-refractivity contribution in [2.45, 2.75) is 39.2 Å². The number of nitrogens with zero attached hydrogens (tertiary/aromatic N) is 3. The van der Waals surface area contributed by atoms with Gasteiger partial charge in [0.2, 0.25) is 5.88 Å². The van der Waals surface area contributed by atoms with Gasteiger partial charge in [0.25, 0.3) is 0 Å². The summed E-state index contributed by atoms with van der Waals surface area (Å²) in [5, 5.41) is 0. The van der Waals surface area contributed by atoms with Crippen LogP contribution in [-0.4, -0.2) is 46.3 Å². The molecule has 7 nitrogen and oxygen atoms in total. The topological polar surface area (TPSA) is 90.6 Å². The number of nitrogens with two attached hydrogens (primary N) is 1. The zero-order valence-corrected chi connectivity index (χ0v) is 13.4. The second-order valence-corrected chi connectivity index (χ2v) is 6.53. The van der Waals surface area contributed by atoms with Crippen molar-refractivity contribution in [2.24, 2.45) is 5.92 Å². The summed E-state index contributed by atoms with van der Waals surface area (Å²) < 4.78 is 11.1. The van der Waals surface area contributed by atoms with E-state index >= 15 is 0 Å². The lowest BCUT2D eigenvalue weighted by molar-refractivity contribution is 0.0138. The van der Waals surface area contributed by atoms with E-state index in [0.29, 0.717) is 24.8 Å². The van der Waals surface area contributed by atoms with E-state index < -0.39 is 5.60 Å². The van der Waals surface area contributed by atoms with Crippen LogP contribution in [0.15, 0.2) is 12.4 Å². The highest BCUT2D eigenvalue weighted by atomic mass is 16.6. The summed E-state index contributed by atoms with van der Waals surface area (Å²) >= 11 is 0. The standard InChI is InChI=1S/C15H24N4O3/c1-15(2,3)22-14(20)19-6-4-5-11(8-19)9-21-13-7-12(16)17-10-18-13/h7,10-11H,4-6,8-9H2,1-3H3,(H2,16,17,18)/t11-/m0/s1. The molecule has 1 saturated heterocycles. The zero-order chi connectivity index (χ0) is 16.2. The molecular weight excluding hydrogens is 284 g/mol. The molecule has 7 heteroatoms. The maximum Gasteiger partial charge on any atom is 0.410 e. The van der Waals surface area contributed by atoms with Crippen molar-refractivity contribution < 1.29 is 14.3 Å². The Hall–Kier alpha value is -2.05. The van der Waals surface area contributed by atoms with E-state index in [4.69, 9.17) is 15.2 Å². The Kier molecular flexibility index (Phi) is 5.05. The third kappa shape index (κ3) is 5.05. The van der Waals surface area contributed by atoms with Gasteiger partial charge in [-0.3, -0.25) is 0 Å². The SMILES string of the molecule is CC(C)(C)OC(=O)N1CCC[C@H](COc2cc(N)ncn2)C1. The monoisotopic (exact) mass is 308 g/mol. The molecule has 0 aromatic carbocycles. The van der Waals surface area contributed by atoms with Gasteiger partial charge < -0.3 is 20.1 Å². The van der Waals surface area contributed by atoms with Gasteiger partial charge in [-0.1, -0.05) is 0 Å². The Bertz CT molecular complexity index is 516. The number of carbonyl (C=O) groups excluding carboxylic acids is 1. The van der Waals surface area contributed by atoms with Crippen LogP contribution in [-0.2, 0) is 4.74 Å². The van der Waals surface area contributed by atoms with Crippen LogP contribution in [0.2, 0.25) is 0 Å². The molecule has 2 heterocycles. The van der Waals surface area contributed by atoms with Gasteiger partial charge >= 0.3 is 6.09 Å². The third-order valence-corrected chi connectivity index (χ3v) is 3.30. The number of nitrogen functional groups attached to an aromatic ring is 1. The van der Waals surface area contributed by atoms with Crippen LogP contribution in [0.1, 0.15) is 33.6 Å². The number of likely N-dealkylation sites (tertiary alicyclic amines) is 1. The van der Waals surface area contributed by atoms with Gasteiger partial charge in [-0.15, -0.1) is 0 Å². The molecule has 1 fully saturated rings. The normalized spacial score (nSPS) is 18.9. The minimum atomic E-state index is -0.473. The highest BCUT2D eigenvalue weighted by molar-refractivity contribution is 5.68. The van der Waals surface area contributed by atoms with Gasteiger partial charge in [-0.25, -0.2) is 14.8 Å². The van der Waals surface area contributed by atoms with E-state index in [-0.39, 0.29) is 12.0 Å². The smallest absolute Gasteiger partial charge is 0.410 e. The number of piperidine rings is 1. The molecule has 0 bridgehead atoms. The second-order valence-electron chi connectivity index (χ2n) is 6.53. The lowest BCUT2D eigenvalue weighted by atomic mass is 9.99. The molecule has 1 aromatic rings. The lowest BCUT2D eigenvalue weighted by Gasteiger charge is -2.33. The fourth-order valence-corrected chi connectivity index (χ4v) is 2.33. The van der Waals surface area contributed by atoms with Crippen molar-refractivity contribution in [1.29, 1.82) is 0 Å². The molecule has 1 aromatic heterocycles. The van der Waals surface area contributed by atoms with Crippen LogP contribution >= 0.6 is 0 Å². The maximum atomic E-state index is 12.1. The number of ether oxygens (including phenoxy) is 2. The first kappa shape index (κ1) is 16.3. The molecular formula is C15H24N4O3. The summed E-state index contributed by atoms with van der Waals surface area (Å²) in [6.07, 6.45) is 3.07. The van der Waals surface area contributed by atoms with E-state index in [9.17, 15) is 4.79 Å². The number of hydrogen-bond donors (Lipinski definition) is 1. The predicted octanol–water partition coefficient (Wildman–Crippen LogP) is 2.08. The molecule has 0 saturated carbocycles. The van der Waals surface area contributed by atoms with Gasteiger partial charge in [0.1, 0.15) is 17.7 Å². The number of carbonyl (C=O) groups is 1. The Labute approximate surface area is 130 Å². The summed E-state index contributed by atoms with van der Waals surface area (Å²) in [6.45, 7) is 7.47. The molecule has 1 aliphatic heterocycles. The molecule has 1 amide bonds. The van der Waals surface area contributed by atoms with Gasteiger partial charge in [0.05, 0.1) is 6.61 Å². The van der Waals surface area contributed by atoms with E-state index in [0.717, 1.165) is 19.4 Å². The van der Waals surface area contributed by atoms with E-state index in [1.165, 1.54) is 6.33 Å². The van der Waals surface area contributed by atoms with E-state index in [1.807, 2.05) is 20.8 Å². The predicted molar refractivity (Wildman–Crippen MR) is 82.5 cm³/mol. The summed E-state index contributed by atoms with van der Waals surface area (Å²) in [5.74, 6) is 1.10. The minimum Gasteiger partial charge on any atom is -0.477 e. The molecule has 122 valence electrons. The average Bonchev–Trinajstić information content (AvgIpc) is 2.44. The van der Waals surface area contributed by atoms with Gasteiger partial charge in [-0.05, 0) is 33.6 Å². The van der Waals surface area contributed by atoms with E-state index in [2.05, 4.69) is 9.97 Å².